The third-order valence-electron chi connectivity index (χ3n) is 3.14. The lowest BCUT2D eigenvalue weighted by Crippen LogP contribution is -2.24. The summed E-state index contributed by atoms with van der Waals surface area (Å²) in [5.74, 6) is -1.13. The normalized spacial score (nSPS) is 15.8. The standard InChI is InChI=1S/C13H19N3O4/c1-2-20-13(18)12(17)15-11-7-14-16(9-11)8-10-3-5-19-6-4-10/h7,9-10H,2-6,8H2,1H3,(H,15,17). The molecular weight excluding hydrogens is 262 g/mol. The van der Waals surface area contributed by atoms with Gasteiger partial charge in [0.25, 0.3) is 0 Å². The molecule has 1 aromatic heterocycles. The van der Waals surface area contributed by atoms with Crippen LogP contribution in [0.4, 0.5) is 5.69 Å². The maximum Gasteiger partial charge on any atom is 0.397 e. The number of esters is 1. The summed E-state index contributed by atoms with van der Waals surface area (Å²) in [5.41, 5.74) is 0.495. The van der Waals surface area contributed by atoms with Gasteiger partial charge in [0.15, 0.2) is 0 Å². The fourth-order valence-electron chi connectivity index (χ4n) is 2.10. The molecule has 1 aromatic rings. The lowest BCUT2D eigenvalue weighted by Gasteiger charge is -2.21. The first-order chi connectivity index (χ1) is 9.69. The Balaban J connectivity index is 1.85. The van der Waals surface area contributed by atoms with Gasteiger partial charge in [0, 0.05) is 26.0 Å². The van der Waals surface area contributed by atoms with Gasteiger partial charge in [-0.15, -0.1) is 0 Å². The van der Waals surface area contributed by atoms with Crippen molar-refractivity contribution in [1.29, 1.82) is 0 Å². The number of rotatable bonds is 4. The number of nitrogens with one attached hydrogen (secondary N) is 1. The van der Waals surface area contributed by atoms with Crippen LogP contribution in [0.5, 0.6) is 0 Å². The second kappa shape index (κ2) is 7.04. The Morgan fingerprint density at radius 3 is 2.95 bits per heavy atom. The van der Waals surface area contributed by atoms with Gasteiger partial charge >= 0.3 is 11.9 Å². The summed E-state index contributed by atoms with van der Waals surface area (Å²) in [4.78, 5) is 22.7. The van der Waals surface area contributed by atoms with E-state index in [2.05, 4.69) is 15.2 Å². The zero-order chi connectivity index (χ0) is 14.4. The Morgan fingerprint density at radius 2 is 2.25 bits per heavy atom. The number of aromatic nitrogens is 2. The SMILES string of the molecule is CCOC(=O)C(=O)Nc1cnn(CC2CCOCC2)c1. The van der Waals surface area contributed by atoms with Crippen molar-refractivity contribution in [1.82, 2.24) is 9.78 Å². The van der Waals surface area contributed by atoms with Crippen molar-refractivity contribution in [3.8, 4) is 0 Å². The molecular formula is C13H19N3O4. The predicted molar refractivity (Wildman–Crippen MR) is 71.0 cm³/mol. The van der Waals surface area contributed by atoms with Crippen molar-refractivity contribution in [2.75, 3.05) is 25.1 Å². The van der Waals surface area contributed by atoms with Crippen LogP contribution >= 0.6 is 0 Å². The number of anilines is 1. The number of carbonyl (C=O) groups is 2. The molecule has 1 aliphatic rings. The zero-order valence-corrected chi connectivity index (χ0v) is 11.5. The van der Waals surface area contributed by atoms with Crippen molar-refractivity contribution < 1.29 is 19.1 Å². The third kappa shape index (κ3) is 4.06. The lowest BCUT2D eigenvalue weighted by atomic mass is 10.0. The van der Waals surface area contributed by atoms with Gasteiger partial charge in [-0.25, -0.2) is 4.79 Å². The number of ether oxygens (including phenoxy) is 2. The van der Waals surface area contributed by atoms with Crippen LogP contribution in [0.3, 0.4) is 0 Å². The average Bonchev–Trinajstić information content (AvgIpc) is 2.87. The molecule has 2 rings (SSSR count). The van der Waals surface area contributed by atoms with E-state index in [0.29, 0.717) is 11.6 Å². The van der Waals surface area contributed by atoms with Crippen molar-refractivity contribution in [3.05, 3.63) is 12.4 Å². The van der Waals surface area contributed by atoms with Crippen molar-refractivity contribution >= 4 is 17.6 Å². The molecule has 110 valence electrons. The van der Waals surface area contributed by atoms with Crippen molar-refractivity contribution in [2.45, 2.75) is 26.3 Å². The first-order valence-corrected chi connectivity index (χ1v) is 6.77. The molecule has 7 heteroatoms. The van der Waals surface area contributed by atoms with E-state index in [1.807, 2.05) is 0 Å². The van der Waals surface area contributed by atoms with E-state index in [4.69, 9.17) is 4.74 Å². The topological polar surface area (TPSA) is 82.5 Å². The van der Waals surface area contributed by atoms with Gasteiger partial charge < -0.3 is 14.8 Å². The van der Waals surface area contributed by atoms with Crippen LogP contribution in [-0.2, 0) is 25.6 Å². The minimum atomic E-state index is -0.885. The molecule has 20 heavy (non-hydrogen) atoms. The maximum absolute atomic E-state index is 11.5. The van der Waals surface area contributed by atoms with Gasteiger partial charge in [-0.2, -0.15) is 5.10 Å². The third-order valence-corrected chi connectivity index (χ3v) is 3.14. The van der Waals surface area contributed by atoms with Gasteiger partial charge in [0.05, 0.1) is 18.5 Å². The quantitative estimate of drug-likeness (QED) is 0.652. The number of nitrogens with zero attached hydrogens (tertiary/aromatic N) is 2. The van der Waals surface area contributed by atoms with Crippen LogP contribution in [0, 0.1) is 5.92 Å². The number of hydrogen-bond acceptors (Lipinski definition) is 5. The molecule has 1 amide bonds. The molecule has 0 atom stereocenters. The fourth-order valence-corrected chi connectivity index (χ4v) is 2.10. The molecule has 0 aliphatic carbocycles. The van der Waals surface area contributed by atoms with Crippen molar-refractivity contribution in [2.24, 2.45) is 5.92 Å². The van der Waals surface area contributed by atoms with E-state index in [0.717, 1.165) is 32.6 Å². The maximum atomic E-state index is 11.5. The Bertz CT molecular complexity index is 466. The fraction of sp³-hybridized carbons (Fsp3) is 0.615. The number of amides is 1. The number of carbonyl (C=O) groups excluding carboxylic acids is 2. The molecule has 0 saturated carbocycles. The van der Waals surface area contributed by atoms with Crippen LogP contribution in [0.1, 0.15) is 19.8 Å². The highest BCUT2D eigenvalue weighted by molar-refractivity contribution is 6.37. The highest BCUT2D eigenvalue weighted by Gasteiger charge is 2.17. The van der Waals surface area contributed by atoms with E-state index in [1.165, 1.54) is 6.20 Å². The second-order valence-corrected chi connectivity index (χ2v) is 4.68. The molecule has 1 fully saturated rings. The Labute approximate surface area is 117 Å². The molecule has 1 saturated heterocycles. The predicted octanol–water partition coefficient (Wildman–Crippen LogP) is 0.811. The molecule has 2 heterocycles. The molecule has 7 nitrogen and oxygen atoms in total. The van der Waals surface area contributed by atoms with Crippen LogP contribution in [0.2, 0.25) is 0 Å². The van der Waals surface area contributed by atoms with Crippen molar-refractivity contribution in [3.63, 3.8) is 0 Å². The highest BCUT2D eigenvalue weighted by Crippen LogP contribution is 2.17. The van der Waals surface area contributed by atoms with E-state index < -0.39 is 11.9 Å². The second-order valence-electron chi connectivity index (χ2n) is 4.68. The summed E-state index contributed by atoms with van der Waals surface area (Å²) in [7, 11) is 0. The summed E-state index contributed by atoms with van der Waals surface area (Å²) in [5, 5.41) is 6.64. The Hall–Kier alpha value is -1.89. The summed E-state index contributed by atoms with van der Waals surface area (Å²) in [6, 6.07) is 0. The largest absolute Gasteiger partial charge is 0.459 e. The van der Waals surface area contributed by atoms with Crippen LogP contribution in [0.25, 0.3) is 0 Å². The van der Waals surface area contributed by atoms with Crippen LogP contribution in [0.15, 0.2) is 12.4 Å². The van der Waals surface area contributed by atoms with Gasteiger partial charge in [0.1, 0.15) is 0 Å². The highest BCUT2D eigenvalue weighted by atomic mass is 16.5. The van der Waals surface area contributed by atoms with E-state index in [1.54, 1.807) is 17.8 Å². The lowest BCUT2D eigenvalue weighted by molar-refractivity contribution is -0.152. The van der Waals surface area contributed by atoms with Gasteiger partial charge in [-0.3, -0.25) is 9.48 Å². The summed E-state index contributed by atoms with van der Waals surface area (Å²) < 4.78 is 11.7. The summed E-state index contributed by atoms with van der Waals surface area (Å²) in [6.45, 7) is 4.20. The Morgan fingerprint density at radius 1 is 1.50 bits per heavy atom. The average molecular weight is 281 g/mol. The zero-order valence-electron chi connectivity index (χ0n) is 11.5. The monoisotopic (exact) mass is 281 g/mol. The molecule has 0 bridgehead atoms. The Kier molecular flexibility index (Phi) is 5.11. The van der Waals surface area contributed by atoms with Gasteiger partial charge in [-0.1, -0.05) is 0 Å². The van der Waals surface area contributed by atoms with E-state index in [-0.39, 0.29) is 6.61 Å². The first kappa shape index (κ1) is 14.5. The molecule has 0 spiro atoms. The molecule has 0 unspecified atom stereocenters. The number of hydrogen-bond donors (Lipinski definition) is 1. The van der Waals surface area contributed by atoms with Gasteiger partial charge in [0.2, 0.25) is 0 Å². The van der Waals surface area contributed by atoms with E-state index >= 15 is 0 Å². The smallest absolute Gasteiger partial charge is 0.397 e. The van der Waals surface area contributed by atoms with Crippen LogP contribution in [-0.4, -0.2) is 41.5 Å². The van der Waals surface area contributed by atoms with Crippen LogP contribution < -0.4 is 5.32 Å². The van der Waals surface area contributed by atoms with Gasteiger partial charge in [-0.05, 0) is 25.7 Å². The first-order valence-electron chi connectivity index (χ1n) is 6.77. The summed E-state index contributed by atoms with van der Waals surface area (Å²) in [6.07, 6.45) is 5.28. The molecule has 1 N–H and O–H groups in total. The minimum absolute atomic E-state index is 0.176. The molecule has 0 radical (unpaired) electrons. The summed E-state index contributed by atoms with van der Waals surface area (Å²) >= 11 is 0. The minimum Gasteiger partial charge on any atom is -0.459 e. The molecule has 1 aliphatic heterocycles. The molecule has 0 aromatic carbocycles. The van der Waals surface area contributed by atoms with E-state index in [9.17, 15) is 9.59 Å².